The van der Waals surface area contributed by atoms with Gasteiger partial charge in [0.15, 0.2) is 0 Å². The van der Waals surface area contributed by atoms with Crippen molar-refractivity contribution in [1.29, 1.82) is 0 Å². The van der Waals surface area contributed by atoms with Gasteiger partial charge in [-0.2, -0.15) is 0 Å². The molecule has 2 N–H and O–H groups in total. The van der Waals surface area contributed by atoms with Crippen molar-refractivity contribution in [2.75, 3.05) is 0 Å². The fraction of sp³-hybridized carbons (Fsp3) is 1.00. The van der Waals surface area contributed by atoms with Crippen molar-refractivity contribution in [3.63, 3.8) is 0 Å². The average Bonchev–Trinajstić information content (AvgIpc) is 2.09. The lowest BCUT2D eigenvalue weighted by Crippen LogP contribution is -2.59. The first-order valence-electron chi connectivity index (χ1n) is 5.49. The Morgan fingerprint density at radius 3 is 2.38 bits per heavy atom. The molecule has 0 saturated heterocycles. The van der Waals surface area contributed by atoms with Gasteiger partial charge >= 0.3 is 0 Å². The van der Waals surface area contributed by atoms with Gasteiger partial charge in [0.2, 0.25) is 0 Å². The molecule has 2 rings (SSSR count). The molecular formula is C11H20O2. The fourth-order valence-electron chi connectivity index (χ4n) is 3.26. The monoisotopic (exact) mass is 184 g/mol. The van der Waals surface area contributed by atoms with Crippen LogP contribution in [0.5, 0.6) is 0 Å². The number of hydrogen-bond acceptors (Lipinski definition) is 2. The number of aliphatic hydroxyl groups excluding tert-OH is 1. The van der Waals surface area contributed by atoms with Gasteiger partial charge in [-0.1, -0.05) is 26.2 Å². The highest BCUT2D eigenvalue weighted by atomic mass is 16.3. The van der Waals surface area contributed by atoms with Gasteiger partial charge in [0.05, 0.1) is 11.7 Å². The summed E-state index contributed by atoms with van der Waals surface area (Å²) < 4.78 is 0. The largest absolute Gasteiger partial charge is 0.390 e. The molecular weight excluding hydrogens is 164 g/mol. The Morgan fingerprint density at radius 1 is 1.08 bits per heavy atom. The zero-order chi connectivity index (χ0) is 9.53. The standard InChI is InChI=1S/C11H20O2/c1-10-6-2-3-8-11(10,13)9(12)5-4-7-10/h9,12-13H,2-8H2,1H3/t9-,10-,11+/m0/s1. The molecule has 2 nitrogen and oxygen atoms in total. The maximum Gasteiger partial charge on any atom is 0.0958 e. The van der Waals surface area contributed by atoms with Crippen LogP contribution in [0.25, 0.3) is 0 Å². The first kappa shape index (κ1) is 9.47. The van der Waals surface area contributed by atoms with E-state index < -0.39 is 11.7 Å². The van der Waals surface area contributed by atoms with Crippen molar-refractivity contribution in [2.24, 2.45) is 5.41 Å². The van der Waals surface area contributed by atoms with Crippen LogP contribution in [0, 0.1) is 5.41 Å². The van der Waals surface area contributed by atoms with Crippen molar-refractivity contribution in [1.82, 2.24) is 0 Å². The minimum atomic E-state index is -0.774. The molecule has 2 fully saturated rings. The predicted octanol–water partition coefficient (Wildman–Crippen LogP) is 1.84. The fourth-order valence-corrected chi connectivity index (χ4v) is 3.26. The van der Waals surface area contributed by atoms with E-state index >= 15 is 0 Å². The summed E-state index contributed by atoms with van der Waals surface area (Å²) >= 11 is 0. The first-order valence-corrected chi connectivity index (χ1v) is 5.49. The van der Waals surface area contributed by atoms with Crippen LogP contribution >= 0.6 is 0 Å². The highest BCUT2D eigenvalue weighted by Gasteiger charge is 2.54. The van der Waals surface area contributed by atoms with Crippen LogP contribution < -0.4 is 0 Å². The molecule has 76 valence electrons. The third kappa shape index (κ3) is 1.23. The second-order valence-electron chi connectivity index (χ2n) is 5.10. The van der Waals surface area contributed by atoms with Crippen LogP contribution in [0.2, 0.25) is 0 Å². The smallest absolute Gasteiger partial charge is 0.0958 e. The molecule has 0 spiro atoms. The summed E-state index contributed by atoms with van der Waals surface area (Å²) in [6.07, 6.45) is 6.62. The Labute approximate surface area is 80.0 Å². The lowest BCUT2D eigenvalue weighted by atomic mass is 9.56. The van der Waals surface area contributed by atoms with E-state index in [4.69, 9.17) is 0 Å². The van der Waals surface area contributed by atoms with Gasteiger partial charge in [-0.05, 0) is 31.1 Å². The van der Waals surface area contributed by atoms with Crippen molar-refractivity contribution in [2.45, 2.75) is 63.6 Å². The number of hydrogen-bond donors (Lipinski definition) is 2. The van der Waals surface area contributed by atoms with Crippen molar-refractivity contribution < 1.29 is 10.2 Å². The third-order valence-electron chi connectivity index (χ3n) is 4.34. The van der Waals surface area contributed by atoms with E-state index in [1.165, 1.54) is 6.42 Å². The lowest BCUT2D eigenvalue weighted by Gasteiger charge is -2.54. The molecule has 0 aliphatic heterocycles. The Hall–Kier alpha value is -0.0800. The summed E-state index contributed by atoms with van der Waals surface area (Å²) in [4.78, 5) is 0. The molecule has 0 amide bonds. The molecule has 2 aliphatic rings. The molecule has 0 heterocycles. The molecule has 0 bridgehead atoms. The summed E-state index contributed by atoms with van der Waals surface area (Å²) in [5.74, 6) is 0. The molecule has 0 unspecified atom stereocenters. The Balaban J connectivity index is 2.27. The van der Waals surface area contributed by atoms with Crippen molar-refractivity contribution in [3.05, 3.63) is 0 Å². The van der Waals surface area contributed by atoms with E-state index in [2.05, 4.69) is 6.92 Å². The molecule has 2 saturated carbocycles. The predicted molar refractivity (Wildman–Crippen MR) is 51.4 cm³/mol. The van der Waals surface area contributed by atoms with Gasteiger partial charge in [-0.3, -0.25) is 0 Å². The summed E-state index contributed by atoms with van der Waals surface area (Å²) in [6.45, 7) is 2.15. The normalized spacial score (nSPS) is 51.5. The number of aliphatic hydroxyl groups is 2. The minimum absolute atomic E-state index is 0.0110. The minimum Gasteiger partial charge on any atom is -0.390 e. The molecule has 0 radical (unpaired) electrons. The summed E-state index contributed by atoms with van der Waals surface area (Å²) in [5.41, 5.74) is -0.785. The van der Waals surface area contributed by atoms with Crippen LogP contribution in [0.1, 0.15) is 51.9 Å². The SMILES string of the molecule is C[C@@]12CCCC[C@@]1(O)[C@@H](O)CCC2. The lowest BCUT2D eigenvalue weighted by molar-refractivity contribution is -0.196. The Kier molecular flexibility index (Phi) is 2.16. The third-order valence-corrected chi connectivity index (χ3v) is 4.34. The highest BCUT2D eigenvalue weighted by molar-refractivity contribution is 5.05. The van der Waals surface area contributed by atoms with E-state index in [1.807, 2.05) is 0 Å². The number of rotatable bonds is 0. The van der Waals surface area contributed by atoms with Crippen LogP contribution in [0.4, 0.5) is 0 Å². The molecule has 3 atom stereocenters. The maximum atomic E-state index is 10.5. The van der Waals surface area contributed by atoms with Gasteiger partial charge in [0, 0.05) is 0 Å². The zero-order valence-electron chi connectivity index (χ0n) is 8.42. The van der Waals surface area contributed by atoms with Crippen LogP contribution in [0.15, 0.2) is 0 Å². The topological polar surface area (TPSA) is 40.5 Å². The van der Waals surface area contributed by atoms with Crippen molar-refractivity contribution in [3.8, 4) is 0 Å². The average molecular weight is 184 g/mol. The summed E-state index contributed by atoms with van der Waals surface area (Å²) in [5, 5.41) is 20.3. The summed E-state index contributed by atoms with van der Waals surface area (Å²) in [7, 11) is 0. The van der Waals surface area contributed by atoms with Crippen LogP contribution in [0.3, 0.4) is 0 Å². The van der Waals surface area contributed by atoms with Crippen LogP contribution in [-0.2, 0) is 0 Å². The highest BCUT2D eigenvalue weighted by Crippen LogP contribution is 2.52. The van der Waals surface area contributed by atoms with E-state index in [-0.39, 0.29) is 5.41 Å². The molecule has 2 heteroatoms. The van der Waals surface area contributed by atoms with Gasteiger partial charge < -0.3 is 10.2 Å². The molecule has 0 aromatic rings. The van der Waals surface area contributed by atoms with Gasteiger partial charge in [0.25, 0.3) is 0 Å². The second-order valence-corrected chi connectivity index (χ2v) is 5.10. The Morgan fingerprint density at radius 2 is 1.69 bits per heavy atom. The quantitative estimate of drug-likeness (QED) is 0.603. The second kappa shape index (κ2) is 2.96. The van der Waals surface area contributed by atoms with Crippen LogP contribution in [-0.4, -0.2) is 21.9 Å². The van der Waals surface area contributed by atoms with E-state index in [0.717, 1.165) is 38.5 Å². The Bertz CT molecular complexity index is 200. The van der Waals surface area contributed by atoms with Gasteiger partial charge in [-0.15, -0.1) is 0 Å². The molecule has 2 aliphatic carbocycles. The molecule has 0 aromatic heterocycles. The first-order chi connectivity index (χ1) is 6.08. The van der Waals surface area contributed by atoms with Crippen molar-refractivity contribution >= 4 is 0 Å². The summed E-state index contributed by atoms with van der Waals surface area (Å²) in [6, 6.07) is 0. The van der Waals surface area contributed by atoms with Gasteiger partial charge in [0.1, 0.15) is 0 Å². The van der Waals surface area contributed by atoms with E-state index in [1.54, 1.807) is 0 Å². The van der Waals surface area contributed by atoms with E-state index in [9.17, 15) is 10.2 Å². The number of fused-ring (bicyclic) bond motifs is 1. The van der Waals surface area contributed by atoms with Gasteiger partial charge in [-0.25, -0.2) is 0 Å². The maximum absolute atomic E-state index is 10.5. The van der Waals surface area contributed by atoms with E-state index in [0.29, 0.717) is 0 Å². The zero-order valence-corrected chi connectivity index (χ0v) is 8.42. The molecule has 13 heavy (non-hydrogen) atoms. The molecule has 0 aromatic carbocycles.